The van der Waals surface area contributed by atoms with Gasteiger partial charge in [0, 0.05) is 0 Å². The van der Waals surface area contributed by atoms with Crippen molar-refractivity contribution in [1.82, 2.24) is 0 Å². The van der Waals surface area contributed by atoms with Gasteiger partial charge in [-0.15, -0.1) is 0 Å². The van der Waals surface area contributed by atoms with E-state index in [0.717, 1.165) is 18.8 Å². The van der Waals surface area contributed by atoms with Gasteiger partial charge >= 0.3 is 0 Å². The van der Waals surface area contributed by atoms with E-state index >= 15 is 0 Å². The van der Waals surface area contributed by atoms with Crippen LogP contribution in [0.15, 0.2) is 0 Å². The van der Waals surface area contributed by atoms with Gasteiger partial charge in [0.05, 0.1) is 12.7 Å². The van der Waals surface area contributed by atoms with Crippen LogP contribution < -0.4 is 0 Å². The highest BCUT2D eigenvalue weighted by atomic mass is 32.1. The van der Waals surface area contributed by atoms with E-state index in [4.69, 9.17) is 9.47 Å². The molecule has 3 heteroatoms. The van der Waals surface area contributed by atoms with Crippen molar-refractivity contribution in [2.45, 2.75) is 57.8 Å². The highest BCUT2D eigenvalue weighted by Crippen LogP contribution is 2.25. The average molecular weight is 218 g/mol. The molecule has 0 amide bonds. The molecule has 1 unspecified atom stereocenters. The lowest BCUT2D eigenvalue weighted by atomic mass is 10.1. The molecule has 1 aliphatic heterocycles. The molecule has 1 saturated heterocycles. The molecule has 0 aromatic carbocycles. The summed E-state index contributed by atoms with van der Waals surface area (Å²) in [5.41, 5.74) is 0. The lowest BCUT2D eigenvalue weighted by molar-refractivity contribution is -0.139. The van der Waals surface area contributed by atoms with Gasteiger partial charge in [-0.05, 0) is 32.4 Å². The molecule has 1 rings (SSSR count). The lowest BCUT2D eigenvalue weighted by Crippen LogP contribution is -2.21. The number of hydrogen-bond donors (Lipinski definition) is 1. The molecule has 0 radical (unpaired) electrons. The van der Waals surface area contributed by atoms with Crippen molar-refractivity contribution in [3.05, 3.63) is 0 Å². The van der Waals surface area contributed by atoms with Gasteiger partial charge in [0.2, 0.25) is 0 Å². The van der Waals surface area contributed by atoms with Gasteiger partial charge in [0.1, 0.15) is 0 Å². The molecule has 0 aromatic rings. The third-order valence-electron chi connectivity index (χ3n) is 2.50. The Bertz CT molecular complexity index is 159. The Balaban J connectivity index is 1.98. The van der Waals surface area contributed by atoms with Crippen LogP contribution in [0, 0.1) is 0 Å². The zero-order valence-corrected chi connectivity index (χ0v) is 10.2. The molecule has 0 aromatic heterocycles. The Kier molecular flexibility index (Phi) is 5.28. The largest absolute Gasteiger partial charge is 0.348 e. The Hall–Kier alpha value is 0.270. The third-order valence-corrected chi connectivity index (χ3v) is 2.82. The predicted molar refractivity (Wildman–Crippen MR) is 61.8 cm³/mol. The number of thiol groups is 1. The summed E-state index contributed by atoms with van der Waals surface area (Å²) in [5, 5.41) is 0. The summed E-state index contributed by atoms with van der Waals surface area (Å²) in [4.78, 5) is 0. The van der Waals surface area contributed by atoms with Crippen molar-refractivity contribution in [2.24, 2.45) is 0 Å². The Morgan fingerprint density at radius 3 is 2.50 bits per heavy atom. The maximum absolute atomic E-state index is 5.72. The zero-order chi connectivity index (χ0) is 10.4. The SMILES string of the molecule is CC1(C)OCC(CCCCCCS)O1. The first-order valence-corrected chi connectivity index (χ1v) is 6.20. The fourth-order valence-corrected chi connectivity index (χ4v) is 1.97. The first kappa shape index (κ1) is 12.3. The van der Waals surface area contributed by atoms with E-state index in [1.54, 1.807) is 0 Å². The second-order valence-corrected chi connectivity index (χ2v) is 4.82. The molecular weight excluding hydrogens is 196 g/mol. The van der Waals surface area contributed by atoms with Crippen molar-refractivity contribution >= 4 is 12.6 Å². The normalized spacial score (nSPS) is 25.5. The highest BCUT2D eigenvalue weighted by Gasteiger charge is 2.31. The van der Waals surface area contributed by atoms with E-state index in [2.05, 4.69) is 12.6 Å². The van der Waals surface area contributed by atoms with E-state index in [-0.39, 0.29) is 5.79 Å². The van der Waals surface area contributed by atoms with Crippen molar-refractivity contribution in [1.29, 1.82) is 0 Å². The molecule has 1 heterocycles. The smallest absolute Gasteiger partial charge is 0.163 e. The van der Waals surface area contributed by atoms with Crippen LogP contribution in [0.25, 0.3) is 0 Å². The number of hydrogen-bond acceptors (Lipinski definition) is 3. The van der Waals surface area contributed by atoms with Crippen molar-refractivity contribution in [2.75, 3.05) is 12.4 Å². The summed E-state index contributed by atoms with van der Waals surface area (Å²) in [6.07, 6.45) is 6.52. The van der Waals surface area contributed by atoms with Crippen LogP contribution in [0.3, 0.4) is 0 Å². The number of ether oxygens (including phenoxy) is 2. The molecule has 1 fully saturated rings. The fourth-order valence-electron chi connectivity index (χ4n) is 1.74. The number of unbranched alkanes of at least 4 members (excludes halogenated alkanes) is 3. The van der Waals surface area contributed by atoms with Crippen molar-refractivity contribution in [3.8, 4) is 0 Å². The molecule has 0 bridgehead atoms. The summed E-state index contributed by atoms with van der Waals surface area (Å²) >= 11 is 4.19. The van der Waals surface area contributed by atoms with Gasteiger partial charge in [0.15, 0.2) is 5.79 Å². The van der Waals surface area contributed by atoms with Crippen LogP contribution in [0.5, 0.6) is 0 Å². The summed E-state index contributed by atoms with van der Waals surface area (Å²) in [7, 11) is 0. The lowest BCUT2D eigenvalue weighted by Gasteiger charge is -2.16. The second-order valence-electron chi connectivity index (χ2n) is 4.38. The molecule has 1 atom stereocenters. The summed E-state index contributed by atoms with van der Waals surface area (Å²) in [5.74, 6) is 0.659. The minimum atomic E-state index is -0.351. The second kappa shape index (κ2) is 5.99. The van der Waals surface area contributed by atoms with E-state index in [0.29, 0.717) is 6.10 Å². The first-order chi connectivity index (χ1) is 6.64. The van der Waals surface area contributed by atoms with Crippen LogP contribution >= 0.6 is 12.6 Å². The van der Waals surface area contributed by atoms with Gasteiger partial charge in [-0.3, -0.25) is 0 Å². The van der Waals surface area contributed by atoms with E-state index in [9.17, 15) is 0 Å². The van der Waals surface area contributed by atoms with Crippen LogP contribution in [-0.4, -0.2) is 24.3 Å². The Morgan fingerprint density at radius 2 is 1.93 bits per heavy atom. The quantitative estimate of drug-likeness (QED) is 0.546. The van der Waals surface area contributed by atoms with Gasteiger partial charge in [0.25, 0.3) is 0 Å². The van der Waals surface area contributed by atoms with E-state index in [1.807, 2.05) is 13.8 Å². The standard InChI is InChI=1S/C11H22O2S/c1-11(2)12-9-10(13-11)7-5-3-4-6-8-14/h10,14H,3-9H2,1-2H3. The van der Waals surface area contributed by atoms with Crippen LogP contribution in [0.2, 0.25) is 0 Å². The summed E-state index contributed by atoms with van der Waals surface area (Å²) in [6, 6.07) is 0. The van der Waals surface area contributed by atoms with Crippen molar-refractivity contribution in [3.63, 3.8) is 0 Å². The maximum Gasteiger partial charge on any atom is 0.163 e. The molecule has 14 heavy (non-hydrogen) atoms. The summed E-state index contributed by atoms with van der Waals surface area (Å²) in [6.45, 7) is 4.72. The molecule has 84 valence electrons. The summed E-state index contributed by atoms with van der Waals surface area (Å²) < 4.78 is 11.2. The molecule has 0 saturated carbocycles. The average Bonchev–Trinajstić information content (AvgIpc) is 2.45. The predicted octanol–water partition coefficient (Wildman–Crippen LogP) is 3.02. The van der Waals surface area contributed by atoms with E-state index < -0.39 is 0 Å². The van der Waals surface area contributed by atoms with Crippen LogP contribution in [-0.2, 0) is 9.47 Å². The van der Waals surface area contributed by atoms with Gasteiger partial charge < -0.3 is 9.47 Å². The third kappa shape index (κ3) is 4.67. The van der Waals surface area contributed by atoms with Crippen molar-refractivity contribution < 1.29 is 9.47 Å². The monoisotopic (exact) mass is 218 g/mol. The molecule has 1 aliphatic rings. The minimum Gasteiger partial charge on any atom is -0.348 e. The van der Waals surface area contributed by atoms with Gasteiger partial charge in [-0.1, -0.05) is 19.3 Å². The molecule has 0 N–H and O–H groups in total. The Labute approximate surface area is 92.8 Å². The van der Waals surface area contributed by atoms with Gasteiger partial charge in [-0.2, -0.15) is 12.6 Å². The molecular formula is C11H22O2S. The first-order valence-electron chi connectivity index (χ1n) is 5.57. The molecule has 2 nitrogen and oxygen atoms in total. The van der Waals surface area contributed by atoms with Crippen LogP contribution in [0.4, 0.5) is 0 Å². The zero-order valence-electron chi connectivity index (χ0n) is 9.29. The minimum absolute atomic E-state index is 0.320. The van der Waals surface area contributed by atoms with Gasteiger partial charge in [-0.25, -0.2) is 0 Å². The molecule has 0 spiro atoms. The number of rotatable bonds is 6. The van der Waals surface area contributed by atoms with Crippen LogP contribution in [0.1, 0.15) is 46.0 Å². The van der Waals surface area contributed by atoms with E-state index in [1.165, 1.54) is 25.7 Å². The Morgan fingerprint density at radius 1 is 1.21 bits per heavy atom. The fraction of sp³-hybridized carbons (Fsp3) is 1.00. The molecule has 0 aliphatic carbocycles. The maximum atomic E-state index is 5.72. The topological polar surface area (TPSA) is 18.5 Å². The highest BCUT2D eigenvalue weighted by molar-refractivity contribution is 7.80.